The van der Waals surface area contributed by atoms with Gasteiger partial charge >= 0.3 is 18.9 Å². The van der Waals surface area contributed by atoms with Crippen LogP contribution in [0.15, 0.2) is 97.1 Å². The zero-order valence-electron chi connectivity index (χ0n) is 19.5. The monoisotopic (exact) mass is 416 g/mol. The zero-order valence-corrected chi connectivity index (χ0v) is 19.5. The first-order valence-corrected chi connectivity index (χ1v) is 11.6. The Kier molecular flexibility index (Phi) is 9.00. The molecule has 0 heterocycles. The maximum absolute atomic E-state index is 7.09. The van der Waals surface area contributed by atoms with Gasteiger partial charge in [0.25, 0.3) is 0 Å². The quantitative estimate of drug-likeness (QED) is 0.297. The van der Waals surface area contributed by atoms with E-state index < -0.39 is 5.60 Å². The number of ether oxygens (including phenoxy) is 1. The second-order valence-corrected chi connectivity index (χ2v) is 8.99. The third-order valence-electron chi connectivity index (χ3n) is 6.78. The molecule has 0 bridgehead atoms. The van der Waals surface area contributed by atoms with Crippen molar-refractivity contribution >= 4 is 0 Å². The summed E-state index contributed by atoms with van der Waals surface area (Å²) in [6.07, 6.45) is 7.76. The molecule has 0 aliphatic heterocycles. The number of rotatable bonds is 8. The fourth-order valence-electron chi connectivity index (χ4n) is 5.01. The van der Waals surface area contributed by atoms with E-state index in [0.29, 0.717) is 5.92 Å². The van der Waals surface area contributed by atoms with Crippen LogP contribution in [-0.4, -0.2) is 6.10 Å². The summed E-state index contributed by atoms with van der Waals surface area (Å²) in [7, 11) is 0. The van der Waals surface area contributed by atoms with Gasteiger partial charge in [0.05, 0.1) is 0 Å². The predicted octanol–water partition coefficient (Wildman–Crippen LogP) is 4.57. The van der Waals surface area contributed by atoms with Crippen LogP contribution in [0.3, 0.4) is 0 Å². The van der Waals surface area contributed by atoms with Crippen LogP contribution in [0, 0.1) is 18.4 Å². The molecule has 1 nitrogen and oxygen atoms in total. The van der Waals surface area contributed by atoms with Gasteiger partial charge in [-0.3, -0.25) is 0 Å². The standard InChI is InChI=1S/C30H33O.Li/c1-3-29(23-25-21-19-24(2)20-22-25)31-30(26-13-7-4-8-14-26,27-15-9-5-10-16-27)28-17-11-6-12-18-28;/h1,3-18,24-25,29H,19-23H2,2H3;/q-1;+1. The van der Waals surface area contributed by atoms with Crippen LogP contribution in [0.4, 0.5) is 0 Å². The van der Waals surface area contributed by atoms with Crippen molar-refractivity contribution in [3.8, 4) is 0 Å². The average molecular weight is 417 g/mol. The number of hydrogen-bond donors (Lipinski definition) is 0. The average Bonchev–Trinajstić information content (AvgIpc) is 2.85. The van der Waals surface area contributed by atoms with Crippen LogP contribution in [0.2, 0.25) is 0 Å². The molecule has 3 aromatic carbocycles. The first-order chi connectivity index (χ1) is 15.2. The molecule has 1 unspecified atom stereocenters. The van der Waals surface area contributed by atoms with E-state index in [1.165, 1.54) is 25.7 Å². The Bertz CT molecular complexity index is 834. The van der Waals surface area contributed by atoms with Crippen LogP contribution in [0.1, 0.15) is 55.7 Å². The molecular formula is C30H33LiO. The normalized spacial score (nSPS) is 19.5. The minimum atomic E-state index is -0.716. The molecule has 0 saturated heterocycles. The van der Waals surface area contributed by atoms with Crippen LogP contribution >= 0.6 is 0 Å². The fraction of sp³-hybridized carbons (Fsp3) is 0.333. The second-order valence-electron chi connectivity index (χ2n) is 8.99. The summed E-state index contributed by atoms with van der Waals surface area (Å²) in [4.78, 5) is 0. The molecule has 3 aromatic rings. The fourth-order valence-corrected chi connectivity index (χ4v) is 5.01. The van der Waals surface area contributed by atoms with Gasteiger partial charge < -0.3 is 11.3 Å². The third-order valence-corrected chi connectivity index (χ3v) is 6.78. The summed E-state index contributed by atoms with van der Waals surface area (Å²) >= 11 is 0. The molecule has 0 amide bonds. The van der Waals surface area contributed by atoms with E-state index in [1.807, 2.05) is 0 Å². The zero-order chi connectivity index (χ0) is 21.5. The van der Waals surface area contributed by atoms with Gasteiger partial charge in [0, 0.05) is 6.10 Å². The molecule has 1 atom stereocenters. The molecule has 4 rings (SSSR count). The van der Waals surface area contributed by atoms with Crippen LogP contribution in [0.25, 0.3) is 0 Å². The smallest absolute Gasteiger partial charge is 0.515 e. The van der Waals surface area contributed by atoms with Crippen molar-refractivity contribution in [2.75, 3.05) is 0 Å². The summed E-state index contributed by atoms with van der Waals surface area (Å²) in [5.41, 5.74) is 2.65. The molecule has 1 aliphatic carbocycles. The predicted molar refractivity (Wildman–Crippen MR) is 129 cm³/mol. The number of benzene rings is 3. The van der Waals surface area contributed by atoms with Crippen molar-refractivity contribution in [3.05, 3.63) is 120 Å². The van der Waals surface area contributed by atoms with Gasteiger partial charge in [-0.25, -0.2) is 6.08 Å². The Hall–Kier alpha value is -2.04. The van der Waals surface area contributed by atoms with E-state index in [2.05, 4.69) is 97.9 Å². The topological polar surface area (TPSA) is 9.23 Å². The molecule has 2 heteroatoms. The minimum absolute atomic E-state index is 0. The van der Waals surface area contributed by atoms with Crippen LogP contribution < -0.4 is 18.9 Å². The third kappa shape index (κ3) is 5.47. The van der Waals surface area contributed by atoms with Crippen molar-refractivity contribution in [2.24, 2.45) is 11.8 Å². The van der Waals surface area contributed by atoms with Crippen LogP contribution in [-0.2, 0) is 10.3 Å². The van der Waals surface area contributed by atoms with E-state index >= 15 is 0 Å². The summed E-state index contributed by atoms with van der Waals surface area (Å²) in [5.74, 6) is 1.51. The maximum atomic E-state index is 7.09. The van der Waals surface area contributed by atoms with Gasteiger partial charge in [-0.2, -0.15) is 0 Å². The van der Waals surface area contributed by atoms with Crippen molar-refractivity contribution in [1.82, 2.24) is 0 Å². The van der Waals surface area contributed by atoms with Gasteiger partial charge in [-0.1, -0.05) is 124 Å². The van der Waals surface area contributed by atoms with Gasteiger partial charge in [0.1, 0.15) is 5.60 Å². The molecule has 32 heavy (non-hydrogen) atoms. The van der Waals surface area contributed by atoms with E-state index in [0.717, 1.165) is 29.0 Å². The van der Waals surface area contributed by atoms with Crippen molar-refractivity contribution in [1.29, 1.82) is 0 Å². The van der Waals surface area contributed by atoms with E-state index in [9.17, 15) is 0 Å². The molecule has 0 spiro atoms. The first-order valence-electron chi connectivity index (χ1n) is 11.6. The van der Waals surface area contributed by atoms with Gasteiger partial charge in [0.15, 0.2) is 0 Å². The molecule has 1 aliphatic rings. The molecule has 1 fully saturated rings. The number of hydrogen-bond acceptors (Lipinski definition) is 1. The largest absolute Gasteiger partial charge is 1.00 e. The van der Waals surface area contributed by atoms with E-state index in [1.54, 1.807) is 6.08 Å². The summed E-state index contributed by atoms with van der Waals surface area (Å²) < 4.78 is 7.09. The van der Waals surface area contributed by atoms with E-state index in [-0.39, 0.29) is 25.0 Å². The molecule has 0 radical (unpaired) electrons. The molecule has 0 N–H and O–H groups in total. The van der Waals surface area contributed by atoms with Gasteiger partial charge in [-0.05, 0) is 34.9 Å². The summed E-state index contributed by atoms with van der Waals surface area (Å²) in [6, 6.07) is 31.7. The van der Waals surface area contributed by atoms with Crippen molar-refractivity contribution in [3.63, 3.8) is 0 Å². The first kappa shape index (κ1) is 24.6. The van der Waals surface area contributed by atoms with E-state index in [4.69, 9.17) is 11.3 Å². The summed E-state index contributed by atoms with van der Waals surface area (Å²) in [5, 5.41) is 0. The van der Waals surface area contributed by atoms with Gasteiger partial charge in [-0.15, -0.1) is 0 Å². The van der Waals surface area contributed by atoms with Crippen molar-refractivity contribution < 1.29 is 23.6 Å². The Morgan fingerprint density at radius 3 is 1.56 bits per heavy atom. The Labute approximate surface area is 206 Å². The van der Waals surface area contributed by atoms with Crippen LogP contribution in [0.5, 0.6) is 0 Å². The Morgan fingerprint density at radius 2 is 1.19 bits per heavy atom. The Morgan fingerprint density at radius 1 is 0.781 bits per heavy atom. The second kappa shape index (κ2) is 11.7. The van der Waals surface area contributed by atoms with Gasteiger partial charge in [0.2, 0.25) is 0 Å². The molecular weight excluding hydrogens is 383 g/mol. The summed E-state index contributed by atoms with van der Waals surface area (Å²) in [6.45, 7) is 8.57. The molecule has 1 saturated carbocycles. The molecule has 160 valence electrons. The SMILES string of the molecule is [CH-]=CC(CC1CCC(C)CC1)OC(c1ccccc1)(c1ccccc1)c1ccccc1.[Li+]. The maximum Gasteiger partial charge on any atom is 1.00 e. The Balaban J connectivity index is 0.00000289. The molecule has 0 aromatic heterocycles. The van der Waals surface area contributed by atoms with Crippen molar-refractivity contribution in [2.45, 2.75) is 50.7 Å². The minimum Gasteiger partial charge on any atom is -0.515 e.